The van der Waals surface area contributed by atoms with Gasteiger partial charge in [-0.2, -0.15) is 0 Å². The highest BCUT2D eigenvalue weighted by Gasteiger charge is 2.46. The number of nitrogens with one attached hydrogen (secondary N) is 1. The summed E-state index contributed by atoms with van der Waals surface area (Å²) >= 11 is 6.65. The molecular formula is C28H32ClNO4. The van der Waals surface area contributed by atoms with Crippen LogP contribution in [0, 0.1) is 23.2 Å². The molecule has 0 amide bonds. The van der Waals surface area contributed by atoms with Gasteiger partial charge in [0.05, 0.1) is 11.6 Å². The van der Waals surface area contributed by atoms with E-state index in [-0.39, 0.29) is 29.0 Å². The number of Topliss-reactive ketones (excluding diaryl/α,β-unsaturated/α-hetero) is 2. The topological polar surface area (TPSA) is 64.6 Å². The summed E-state index contributed by atoms with van der Waals surface area (Å²) in [5, 5.41) is 3.87. The van der Waals surface area contributed by atoms with Gasteiger partial charge in [-0.1, -0.05) is 45.2 Å². The molecule has 34 heavy (non-hydrogen) atoms. The molecule has 0 bridgehead atoms. The fourth-order valence-electron chi connectivity index (χ4n) is 5.49. The van der Waals surface area contributed by atoms with Gasteiger partial charge in [-0.3, -0.25) is 9.59 Å². The van der Waals surface area contributed by atoms with Crippen molar-refractivity contribution in [3.8, 4) is 23.8 Å². The number of benzene rings is 1. The van der Waals surface area contributed by atoms with Crippen molar-refractivity contribution < 1.29 is 19.1 Å². The number of ether oxygens (including phenoxy) is 2. The molecule has 3 aliphatic rings. The summed E-state index contributed by atoms with van der Waals surface area (Å²) in [4.78, 5) is 27.0. The van der Waals surface area contributed by atoms with Crippen LogP contribution in [-0.2, 0) is 9.59 Å². The number of terminal acetylenes is 1. The van der Waals surface area contributed by atoms with Crippen molar-refractivity contribution in [1.82, 2.24) is 5.32 Å². The zero-order chi connectivity index (χ0) is 24.8. The lowest BCUT2D eigenvalue weighted by atomic mass is 9.64. The van der Waals surface area contributed by atoms with Crippen molar-refractivity contribution in [3.63, 3.8) is 0 Å². The lowest BCUT2D eigenvalue weighted by Gasteiger charge is -2.44. The predicted molar refractivity (Wildman–Crippen MR) is 133 cm³/mol. The van der Waals surface area contributed by atoms with Crippen molar-refractivity contribution in [3.05, 3.63) is 45.3 Å². The van der Waals surface area contributed by atoms with Crippen LogP contribution in [0.15, 0.2) is 34.7 Å². The summed E-state index contributed by atoms with van der Waals surface area (Å²) in [6.07, 6.45) is 7.71. The Labute approximate surface area is 206 Å². The third kappa shape index (κ3) is 4.49. The number of halogens is 1. The van der Waals surface area contributed by atoms with Gasteiger partial charge < -0.3 is 14.8 Å². The summed E-state index contributed by atoms with van der Waals surface area (Å²) in [7, 11) is 0. The summed E-state index contributed by atoms with van der Waals surface area (Å²) in [6.45, 7) is 10.7. The minimum atomic E-state index is -0.489. The molecule has 0 unspecified atom stereocenters. The fraction of sp³-hybridized carbons (Fsp3) is 0.500. The Balaban J connectivity index is 1.92. The number of carbonyl (C=O) groups excluding carboxylic acids is 2. The highest BCUT2D eigenvalue weighted by molar-refractivity contribution is 6.32. The Morgan fingerprint density at radius 1 is 1.00 bits per heavy atom. The molecule has 1 aliphatic heterocycles. The van der Waals surface area contributed by atoms with E-state index in [0.717, 1.165) is 29.8 Å². The van der Waals surface area contributed by atoms with E-state index in [2.05, 4.69) is 38.9 Å². The average Bonchev–Trinajstić information content (AvgIpc) is 2.70. The molecule has 2 aliphatic carbocycles. The van der Waals surface area contributed by atoms with Gasteiger partial charge in [0.2, 0.25) is 0 Å². The molecule has 1 aromatic rings. The van der Waals surface area contributed by atoms with E-state index in [1.54, 1.807) is 6.07 Å². The number of hydrogen-bond donors (Lipinski definition) is 1. The maximum absolute atomic E-state index is 13.5. The molecule has 0 spiro atoms. The molecular weight excluding hydrogens is 450 g/mol. The van der Waals surface area contributed by atoms with Gasteiger partial charge in [-0.15, -0.1) is 6.42 Å². The van der Waals surface area contributed by atoms with Crippen LogP contribution in [0.1, 0.15) is 71.8 Å². The first-order valence-electron chi connectivity index (χ1n) is 11.8. The second kappa shape index (κ2) is 8.82. The van der Waals surface area contributed by atoms with E-state index in [1.807, 2.05) is 13.0 Å². The van der Waals surface area contributed by atoms with Gasteiger partial charge in [0.25, 0.3) is 0 Å². The van der Waals surface area contributed by atoms with Crippen LogP contribution in [-0.4, -0.2) is 24.8 Å². The maximum atomic E-state index is 13.5. The van der Waals surface area contributed by atoms with Gasteiger partial charge in [0, 0.05) is 41.3 Å². The largest absolute Gasteiger partial charge is 0.490 e. The minimum Gasteiger partial charge on any atom is -0.490 e. The molecule has 0 radical (unpaired) electrons. The number of hydrogen-bond acceptors (Lipinski definition) is 5. The van der Waals surface area contributed by atoms with Crippen LogP contribution in [0.3, 0.4) is 0 Å². The van der Waals surface area contributed by atoms with Crippen molar-refractivity contribution >= 4 is 23.2 Å². The fourth-order valence-corrected chi connectivity index (χ4v) is 5.77. The molecule has 0 saturated heterocycles. The summed E-state index contributed by atoms with van der Waals surface area (Å²) in [5.74, 6) is 2.91. The standard InChI is InChI=1S/C28H32ClNO4/c1-7-9-34-26-17(29)10-16(11-22(26)33-8-2)23-24-18(12-27(3,4)14-20(24)31)30-19-13-28(5,6)15-21(32)25(19)23/h1,10-11,23,30H,8-9,12-15H2,2-6H3. The third-order valence-corrected chi connectivity index (χ3v) is 6.96. The Hall–Kier alpha value is -2.71. The first kappa shape index (κ1) is 24.4. The smallest absolute Gasteiger partial charge is 0.181 e. The van der Waals surface area contributed by atoms with E-state index in [1.165, 1.54) is 0 Å². The van der Waals surface area contributed by atoms with Crippen molar-refractivity contribution in [2.24, 2.45) is 10.8 Å². The third-order valence-electron chi connectivity index (χ3n) is 6.68. The van der Waals surface area contributed by atoms with E-state index in [9.17, 15) is 9.59 Å². The van der Waals surface area contributed by atoms with E-state index in [0.29, 0.717) is 47.1 Å². The second-order valence-electron chi connectivity index (χ2n) is 11.0. The van der Waals surface area contributed by atoms with Gasteiger partial charge in [0.15, 0.2) is 23.1 Å². The maximum Gasteiger partial charge on any atom is 0.181 e. The number of dihydropyridines is 1. The van der Waals surface area contributed by atoms with Crippen LogP contribution >= 0.6 is 11.6 Å². The van der Waals surface area contributed by atoms with E-state index >= 15 is 0 Å². The number of rotatable bonds is 5. The molecule has 5 nitrogen and oxygen atoms in total. The number of carbonyl (C=O) groups is 2. The second-order valence-corrected chi connectivity index (χ2v) is 11.4. The lowest BCUT2D eigenvalue weighted by molar-refractivity contribution is -0.119. The zero-order valence-electron chi connectivity index (χ0n) is 20.6. The molecule has 6 heteroatoms. The van der Waals surface area contributed by atoms with Crippen LogP contribution in [0.2, 0.25) is 5.02 Å². The average molecular weight is 482 g/mol. The Morgan fingerprint density at radius 3 is 2.06 bits per heavy atom. The molecule has 1 aromatic carbocycles. The first-order chi connectivity index (χ1) is 16.0. The highest BCUT2D eigenvalue weighted by Crippen LogP contribution is 2.52. The van der Waals surface area contributed by atoms with Crippen molar-refractivity contribution in [2.75, 3.05) is 13.2 Å². The van der Waals surface area contributed by atoms with Crippen molar-refractivity contribution in [2.45, 2.75) is 66.2 Å². The van der Waals surface area contributed by atoms with Gasteiger partial charge >= 0.3 is 0 Å². The quantitative estimate of drug-likeness (QED) is 0.544. The van der Waals surface area contributed by atoms with Crippen LogP contribution < -0.4 is 14.8 Å². The Morgan fingerprint density at radius 2 is 1.56 bits per heavy atom. The molecule has 4 rings (SSSR count). The van der Waals surface area contributed by atoms with E-state index < -0.39 is 5.92 Å². The predicted octanol–water partition coefficient (Wildman–Crippen LogP) is 5.72. The van der Waals surface area contributed by atoms with Crippen LogP contribution in [0.4, 0.5) is 0 Å². The lowest BCUT2D eigenvalue weighted by Crippen LogP contribution is -2.42. The molecule has 180 valence electrons. The Bertz CT molecular complexity index is 1110. The van der Waals surface area contributed by atoms with Crippen LogP contribution in [0.25, 0.3) is 0 Å². The molecule has 1 heterocycles. The minimum absolute atomic E-state index is 0.0538. The molecule has 0 aromatic heterocycles. The normalized spacial score (nSPS) is 21.4. The van der Waals surface area contributed by atoms with Gasteiger partial charge in [-0.05, 0) is 48.3 Å². The monoisotopic (exact) mass is 481 g/mol. The van der Waals surface area contributed by atoms with E-state index in [4.69, 9.17) is 27.5 Å². The SMILES string of the molecule is C#CCOc1c(Cl)cc(C2C3=C(CC(C)(C)CC3=O)NC3=C2C(=O)CC(C)(C)C3)cc1OCC. The molecule has 1 N–H and O–H groups in total. The van der Waals surface area contributed by atoms with Gasteiger partial charge in [-0.25, -0.2) is 0 Å². The first-order valence-corrected chi connectivity index (χ1v) is 12.2. The van der Waals surface area contributed by atoms with Crippen LogP contribution in [0.5, 0.6) is 11.5 Å². The number of allylic oxidation sites excluding steroid dienone is 4. The molecule has 0 atom stereocenters. The summed E-state index contributed by atoms with van der Waals surface area (Å²) in [6, 6.07) is 3.62. The van der Waals surface area contributed by atoms with Crippen molar-refractivity contribution in [1.29, 1.82) is 0 Å². The number of ketones is 2. The summed E-state index contributed by atoms with van der Waals surface area (Å²) < 4.78 is 11.5. The highest BCUT2D eigenvalue weighted by atomic mass is 35.5. The Kier molecular flexibility index (Phi) is 6.33. The summed E-state index contributed by atoms with van der Waals surface area (Å²) in [5.41, 5.74) is 3.61. The molecule has 0 fully saturated rings. The van der Waals surface area contributed by atoms with Gasteiger partial charge in [0.1, 0.15) is 6.61 Å². The molecule has 0 saturated carbocycles. The zero-order valence-corrected chi connectivity index (χ0v) is 21.3.